The summed E-state index contributed by atoms with van der Waals surface area (Å²) >= 11 is 7.18. The molecule has 1 saturated heterocycles. The maximum absolute atomic E-state index is 5.86. The number of nitrogens with zero attached hydrogens (tertiary/aromatic N) is 2. The summed E-state index contributed by atoms with van der Waals surface area (Å²) in [6.45, 7) is 5.07. The number of halogens is 1. The second kappa shape index (κ2) is 9.37. The number of piperidine rings is 1. The smallest absolute Gasteiger partial charge is 0.123 e. The second-order valence-corrected chi connectivity index (χ2v) is 7.45. The van der Waals surface area contributed by atoms with Crippen LogP contribution in [0.2, 0.25) is 0 Å². The van der Waals surface area contributed by atoms with Crippen molar-refractivity contribution in [3.8, 4) is 16.3 Å². The molecule has 0 atom stereocenters. The number of nitrogens with one attached hydrogen (secondary N) is 1. The Morgan fingerprint density at radius 1 is 1.17 bits per heavy atom. The number of benzene rings is 1. The number of hydrogen-bond acceptors (Lipinski definition) is 5. The van der Waals surface area contributed by atoms with Gasteiger partial charge < -0.3 is 9.64 Å². The zero-order chi connectivity index (χ0) is 16.6. The van der Waals surface area contributed by atoms with Crippen LogP contribution in [0.5, 0.6) is 5.75 Å². The molecule has 1 fully saturated rings. The molecule has 3 rings (SSSR count). The van der Waals surface area contributed by atoms with Crippen LogP contribution >= 0.6 is 23.1 Å². The van der Waals surface area contributed by atoms with Crippen molar-refractivity contribution in [2.24, 2.45) is 0 Å². The quantitative estimate of drug-likeness (QED) is 0.558. The lowest BCUT2D eigenvalue weighted by molar-refractivity contribution is 0.205. The lowest BCUT2D eigenvalue weighted by Gasteiger charge is -2.26. The lowest BCUT2D eigenvalue weighted by Crippen LogP contribution is -2.31. The van der Waals surface area contributed by atoms with Gasteiger partial charge in [-0.05, 0) is 68.4 Å². The third kappa shape index (κ3) is 5.18. The van der Waals surface area contributed by atoms with Crippen LogP contribution in [-0.4, -0.2) is 36.1 Å². The maximum Gasteiger partial charge on any atom is 0.123 e. The van der Waals surface area contributed by atoms with Crippen molar-refractivity contribution in [1.82, 2.24) is 14.7 Å². The van der Waals surface area contributed by atoms with E-state index in [2.05, 4.69) is 26.9 Å². The minimum absolute atomic E-state index is 0.636. The minimum atomic E-state index is 0.636. The molecular formula is C18H24ClN3OS. The van der Waals surface area contributed by atoms with Crippen LogP contribution in [0.3, 0.4) is 0 Å². The molecule has 0 aliphatic carbocycles. The van der Waals surface area contributed by atoms with Gasteiger partial charge in [0.1, 0.15) is 10.8 Å². The maximum atomic E-state index is 5.86. The van der Waals surface area contributed by atoms with Gasteiger partial charge in [-0.1, -0.05) is 6.42 Å². The Hall–Kier alpha value is -1.14. The number of hydrogen-bond donors (Lipinski definition) is 1. The van der Waals surface area contributed by atoms with Gasteiger partial charge in [-0.2, -0.15) is 0 Å². The monoisotopic (exact) mass is 365 g/mol. The number of thiazole rings is 1. The van der Waals surface area contributed by atoms with Crippen LogP contribution in [0.4, 0.5) is 0 Å². The SMILES string of the molecule is ClNCc1cnc(-c2ccc(OCCCN3CCCCC3)cc2)s1. The Labute approximate surface area is 152 Å². The molecule has 2 heterocycles. The number of ether oxygens (including phenoxy) is 1. The van der Waals surface area contributed by atoms with Gasteiger partial charge in [-0.25, -0.2) is 9.82 Å². The summed E-state index contributed by atoms with van der Waals surface area (Å²) in [5, 5.41) is 1.01. The first-order valence-electron chi connectivity index (χ1n) is 8.59. The summed E-state index contributed by atoms with van der Waals surface area (Å²) in [6.07, 6.45) is 7.04. The lowest BCUT2D eigenvalue weighted by atomic mass is 10.1. The molecule has 1 N–H and O–H groups in total. The van der Waals surface area contributed by atoms with Crippen molar-refractivity contribution in [2.75, 3.05) is 26.2 Å². The van der Waals surface area contributed by atoms with E-state index < -0.39 is 0 Å². The highest BCUT2D eigenvalue weighted by Gasteiger charge is 2.09. The summed E-state index contributed by atoms with van der Waals surface area (Å²) < 4.78 is 5.86. The van der Waals surface area contributed by atoms with Crippen molar-refractivity contribution in [2.45, 2.75) is 32.2 Å². The summed E-state index contributed by atoms with van der Waals surface area (Å²) in [5.74, 6) is 0.927. The first kappa shape index (κ1) is 17.7. The molecule has 1 aromatic heterocycles. The zero-order valence-corrected chi connectivity index (χ0v) is 15.4. The van der Waals surface area contributed by atoms with Crippen molar-refractivity contribution in [3.63, 3.8) is 0 Å². The molecule has 130 valence electrons. The minimum Gasteiger partial charge on any atom is -0.494 e. The van der Waals surface area contributed by atoms with E-state index in [1.165, 1.54) is 32.4 Å². The molecule has 1 aliphatic heterocycles. The van der Waals surface area contributed by atoms with Crippen LogP contribution in [-0.2, 0) is 6.54 Å². The number of likely N-dealkylation sites (tertiary alicyclic amines) is 1. The third-order valence-electron chi connectivity index (χ3n) is 4.23. The fraction of sp³-hybridized carbons (Fsp3) is 0.500. The zero-order valence-electron chi connectivity index (χ0n) is 13.8. The predicted octanol–water partition coefficient (Wildman–Crippen LogP) is 4.31. The molecule has 0 radical (unpaired) electrons. The summed E-state index contributed by atoms with van der Waals surface area (Å²) in [4.78, 5) is 10.7. The molecule has 1 aromatic carbocycles. The van der Waals surface area contributed by atoms with E-state index in [1.54, 1.807) is 11.3 Å². The molecule has 1 aliphatic rings. The van der Waals surface area contributed by atoms with E-state index in [-0.39, 0.29) is 0 Å². The summed E-state index contributed by atoms with van der Waals surface area (Å²) in [7, 11) is 0. The molecule has 0 unspecified atom stereocenters. The van der Waals surface area contributed by atoms with Crippen LogP contribution in [0.15, 0.2) is 30.5 Å². The highest BCUT2D eigenvalue weighted by molar-refractivity contribution is 7.15. The average Bonchev–Trinajstić information content (AvgIpc) is 3.09. The third-order valence-corrected chi connectivity index (χ3v) is 5.41. The summed E-state index contributed by atoms with van der Waals surface area (Å²) in [6, 6.07) is 8.18. The molecule has 0 saturated carbocycles. The molecular weight excluding hydrogens is 342 g/mol. The van der Waals surface area contributed by atoms with Crippen LogP contribution < -0.4 is 9.57 Å². The Morgan fingerprint density at radius 3 is 2.71 bits per heavy atom. The Morgan fingerprint density at radius 2 is 1.96 bits per heavy atom. The summed E-state index contributed by atoms with van der Waals surface area (Å²) in [5.41, 5.74) is 1.11. The van der Waals surface area contributed by atoms with Crippen molar-refractivity contribution in [1.29, 1.82) is 0 Å². The van der Waals surface area contributed by atoms with E-state index >= 15 is 0 Å². The average molecular weight is 366 g/mol. The van der Waals surface area contributed by atoms with E-state index in [0.29, 0.717) is 6.54 Å². The highest BCUT2D eigenvalue weighted by atomic mass is 35.5. The van der Waals surface area contributed by atoms with E-state index in [0.717, 1.165) is 40.8 Å². The van der Waals surface area contributed by atoms with Gasteiger partial charge in [-0.15, -0.1) is 11.3 Å². The van der Waals surface area contributed by atoms with Crippen molar-refractivity contribution in [3.05, 3.63) is 35.3 Å². The van der Waals surface area contributed by atoms with Crippen molar-refractivity contribution < 1.29 is 4.74 Å². The Balaban J connectivity index is 1.43. The Bertz CT molecular complexity index is 611. The fourth-order valence-electron chi connectivity index (χ4n) is 2.94. The van der Waals surface area contributed by atoms with Crippen molar-refractivity contribution >= 4 is 23.1 Å². The van der Waals surface area contributed by atoms with Gasteiger partial charge in [0.15, 0.2) is 0 Å². The molecule has 6 heteroatoms. The predicted molar refractivity (Wildman–Crippen MR) is 101 cm³/mol. The van der Waals surface area contributed by atoms with Crippen LogP contribution in [0.25, 0.3) is 10.6 Å². The molecule has 0 bridgehead atoms. The molecule has 24 heavy (non-hydrogen) atoms. The first-order valence-corrected chi connectivity index (χ1v) is 9.78. The van der Waals surface area contributed by atoms with Gasteiger partial charge in [0.2, 0.25) is 0 Å². The standard InChI is InChI=1S/C18H24ClN3OS/c19-21-14-17-13-20-18(24-17)15-5-7-16(8-6-15)23-12-4-11-22-9-2-1-3-10-22/h5-8,13,21H,1-4,9-12,14H2. The molecule has 0 spiro atoms. The number of rotatable bonds is 8. The topological polar surface area (TPSA) is 37.4 Å². The van der Waals surface area contributed by atoms with Crippen LogP contribution in [0, 0.1) is 0 Å². The van der Waals surface area contributed by atoms with Crippen LogP contribution in [0.1, 0.15) is 30.6 Å². The molecule has 4 nitrogen and oxygen atoms in total. The van der Waals surface area contributed by atoms with Gasteiger partial charge in [0.25, 0.3) is 0 Å². The van der Waals surface area contributed by atoms with E-state index in [1.807, 2.05) is 18.3 Å². The molecule has 2 aromatic rings. The van der Waals surface area contributed by atoms with Gasteiger partial charge in [-0.3, -0.25) is 0 Å². The normalized spacial score (nSPS) is 15.5. The highest BCUT2D eigenvalue weighted by Crippen LogP contribution is 2.27. The Kier molecular flexibility index (Phi) is 6.90. The first-order chi connectivity index (χ1) is 11.8. The van der Waals surface area contributed by atoms with E-state index in [9.17, 15) is 0 Å². The van der Waals surface area contributed by atoms with Gasteiger partial charge in [0.05, 0.1) is 6.61 Å². The van der Waals surface area contributed by atoms with Gasteiger partial charge in [0, 0.05) is 29.7 Å². The van der Waals surface area contributed by atoms with E-state index in [4.69, 9.17) is 16.5 Å². The second-order valence-electron chi connectivity index (χ2n) is 6.07. The largest absolute Gasteiger partial charge is 0.494 e. The van der Waals surface area contributed by atoms with Gasteiger partial charge >= 0.3 is 0 Å². The fourth-order valence-corrected chi connectivity index (χ4v) is 4.02. The molecule has 0 amide bonds. The number of aromatic nitrogens is 1.